The van der Waals surface area contributed by atoms with E-state index in [9.17, 15) is 4.79 Å². The highest BCUT2D eigenvalue weighted by Crippen LogP contribution is 2.41. The highest BCUT2D eigenvalue weighted by molar-refractivity contribution is 5.89. The minimum atomic E-state index is -0.204. The standard InChI is InChI=1S/C19H27N5O2/c1-13-8-16(22(4)20-13)9-23-7-5-6-19(11-23)12-24(18(19)25)10-17-14(2)21-26-15(17)3/h8H,5-7,9-12H2,1-4H3/t19-/m0/s1. The number of nitrogens with zero attached hydrogens (tertiary/aromatic N) is 5. The van der Waals surface area contributed by atoms with Crippen molar-refractivity contribution in [3.05, 3.63) is 34.5 Å². The van der Waals surface area contributed by atoms with Crippen LogP contribution in [-0.4, -0.2) is 50.3 Å². The van der Waals surface area contributed by atoms with Gasteiger partial charge in [0.25, 0.3) is 0 Å². The molecule has 2 aliphatic rings. The van der Waals surface area contributed by atoms with Crippen molar-refractivity contribution in [1.82, 2.24) is 24.7 Å². The molecule has 7 nitrogen and oxygen atoms in total. The summed E-state index contributed by atoms with van der Waals surface area (Å²) in [7, 11) is 1.99. The topological polar surface area (TPSA) is 67.4 Å². The van der Waals surface area contributed by atoms with E-state index in [1.807, 2.05) is 37.4 Å². The third kappa shape index (κ3) is 2.84. The zero-order valence-corrected chi connectivity index (χ0v) is 16.1. The van der Waals surface area contributed by atoms with Crippen molar-refractivity contribution in [2.45, 2.75) is 46.7 Å². The van der Waals surface area contributed by atoms with Crippen LogP contribution in [0.4, 0.5) is 0 Å². The molecule has 1 atom stereocenters. The molecule has 2 aromatic rings. The predicted octanol–water partition coefficient (Wildman–Crippen LogP) is 1.96. The van der Waals surface area contributed by atoms with Gasteiger partial charge in [0, 0.05) is 32.2 Å². The molecule has 0 radical (unpaired) electrons. The van der Waals surface area contributed by atoms with Gasteiger partial charge in [-0.1, -0.05) is 5.16 Å². The van der Waals surface area contributed by atoms with E-state index < -0.39 is 0 Å². The van der Waals surface area contributed by atoms with Crippen molar-refractivity contribution in [1.29, 1.82) is 0 Å². The van der Waals surface area contributed by atoms with E-state index in [1.54, 1.807) is 0 Å². The van der Waals surface area contributed by atoms with Gasteiger partial charge in [0.2, 0.25) is 5.91 Å². The van der Waals surface area contributed by atoms with Crippen LogP contribution in [0, 0.1) is 26.2 Å². The van der Waals surface area contributed by atoms with E-state index in [4.69, 9.17) is 4.52 Å². The Morgan fingerprint density at radius 2 is 2.04 bits per heavy atom. The molecule has 2 fully saturated rings. The molecule has 0 aliphatic carbocycles. The molecular weight excluding hydrogens is 330 g/mol. The first kappa shape index (κ1) is 17.3. The minimum absolute atomic E-state index is 0.204. The van der Waals surface area contributed by atoms with E-state index in [0.717, 1.165) is 61.7 Å². The lowest BCUT2D eigenvalue weighted by molar-refractivity contribution is -0.167. The summed E-state index contributed by atoms with van der Waals surface area (Å²) in [6, 6.07) is 2.13. The number of carbonyl (C=O) groups excluding carboxylic acids is 1. The molecule has 2 aromatic heterocycles. The third-order valence-electron chi connectivity index (χ3n) is 5.91. The molecule has 0 saturated carbocycles. The lowest BCUT2D eigenvalue weighted by atomic mass is 9.72. The van der Waals surface area contributed by atoms with Gasteiger partial charge in [-0.2, -0.15) is 5.10 Å². The average Bonchev–Trinajstić information content (AvgIpc) is 3.09. The van der Waals surface area contributed by atoms with Gasteiger partial charge in [-0.3, -0.25) is 14.4 Å². The van der Waals surface area contributed by atoms with Crippen LogP contribution >= 0.6 is 0 Å². The largest absolute Gasteiger partial charge is 0.361 e. The van der Waals surface area contributed by atoms with Gasteiger partial charge < -0.3 is 9.42 Å². The first-order chi connectivity index (χ1) is 12.4. The quantitative estimate of drug-likeness (QED) is 0.783. The molecular formula is C19H27N5O2. The Balaban J connectivity index is 1.41. The van der Waals surface area contributed by atoms with Crippen LogP contribution in [0.3, 0.4) is 0 Å². The second-order valence-electron chi connectivity index (χ2n) is 7.96. The smallest absolute Gasteiger partial charge is 0.232 e. The van der Waals surface area contributed by atoms with Crippen LogP contribution in [0.5, 0.6) is 0 Å². The Bertz CT molecular complexity index is 820. The Morgan fingerprint density at radius 1 is 1.23 bits per heavy atom. The second kappa shape index (κ2) is 6.23. The maximum Gasteiger partial charge on any atom is 0.232 e. The maximum atomic E-state index is 13.0. The molecule has 4 heterocycles. The molecule has 26 heavy (non-hydrogen) atoms. The van der Waals surface area contributed by atoms with Crippen LogP contribution in [0.15, 0.2) is 10.6 Å². The fraction of sp³-hybridized carbons (Fsp3) is 0.632. The lowest BCUT2D eigenvalue weighted by Gasteiger charge is -2.53. The van der Waals surface area contributed by atoms with E-state index in [0.29, 0.717) is 6.54 Å². The van der Waals surface area contributed by atoms with Gasteiger partial charge in [-0.25, -0.2) is 0 Å². The Labute approximate surface area is 153 Å². The molecule has 7 heteroatoms. The van der Waals surface area contributed by atoms with Gasteiger partial charge >= 0.3 is 0 Å². The summed E-state index contributed by atoms with van der Waals surface area (Å²) >= 11 is 0. The van der Waals surface area contributed by atoms with Crippen LogP contribution < -0.4 is 0 Å². The van der Waals surface area contributed by atoms with Crippen LogP contribution in [0.1, 0.15) is 41.2 Å². The molecule has 4 rings (SSSR count). The summed E-state index contributed by atoms with van der Waals surface area (Å²) in [6.07, 6.45) is 2.06. The predicted molar refractivity (Wildman–Crippen MR) is 96.3 cm³/mol. The van der Waals surface area contributed by atoms with Gasteiger partial charge in [-0.05, 0) is 46.2 Å². The highest BCUT2D eigenvalue weighted by atomic mass is 16.5. The number of β-lactam (4-membered cyclic amide) rings is 1. The number of amides is 1. The van der Waals surface area contributed by atoms with Crippen molar-refractivity contribution in [2.75, 3.05) is 19.6 Å². The normalized spacial score (nSPS) is 23.7. The van der Waals surface area contributed by atoms with Gasteiger partial charge in [0.05, 0.1) is 29.0 Å². The fourth-order valence-electron chi connectivity index (χ4n) is 4.50. The van der Waals surface area contributed by atoms with Crippen LogP contribution in [0.25, 0.3) is 0 Å². The third-order valence-corrected chi connectivity index (χ3v) is 5.91. The van der Waals surface area contributed by atoms with Crippen molar-refractivity contribution >= 4 is 5.91 Å². The van der Waals surface area contributed by atoms with Gasteiger partial charge in [0.1, 0.15) is 5.76 Å². The highest BCUT2D eigenvalue weighted by Gasteiger charge is 2.53. The molecule has 2 saturated heterocycles. The number of hydrogen-bond donors (Lipinski definition) is 0. The summed E-state index contributed by atoms with van der Waals surface area (Å²) in [5.74, 6) is 1.09. The van der Waals surface area contributed by atoms with E-state index in [-0.39, 0.29) is 11.3 Å². The fourth-order valence-corrected chi connectivity index (χ4v) is 4.50. The monoisotopic (exact) mass is 357 g/mol. The van der Waals surface area contributed by atoms with Crippen LogP contribution in [0.2, 0.25) is 0 Å². The summed E-state index contributed by atoms with van der Waals surface area (Å²) < 4.78 is 7.18. The van der Waals surface area contributed by atoms with E-state index in [2.05, 4.69) is 21.2 Å². The molecule has 0 unspecified atom stereocenters. The SMILES string of the molecule is Cc1cc(CN2CCC[C@]3(C2)CN(Cc2c(C)noc2C)C3=O)n(C)n1. The number of piperidine rings is 1. The molecule has 0 bridgehead atoms. The lowest BCUT2D eigenvalue weighted by Crippen LogP contribution is -2.66. The van der Waals surface area contributed by atoms with Gasteiger partial charge in [-0.15, -0.1) is 0 Å². The zero-order valence-electron chi connectivity index (χ0n) is 16.1. The number of aryl methyl sites for hydroxylation is 4. The second-order valence-corrected chi connectivity index (χ2v) is 7.96. The van der Waals surface area contributed by atoms with E-state index in [1.165, 1.54) is 5.69 Å². The molecule has 140 valence electrons. The number of aromatic nitrogens is 3. The molecule has 0 aromatic carbocycles. The summed E-state index contributed by atoms with van der Waals surface area (Å²) in [6.45, 7) is 10.0. The summed E-state index contributed by atoms with van der Waals surface area (Å²) in [5, 5.41) is 8.43. The minimum Gasteiger partial charge on any atom is -0.361 e. The van der Waals surface area contributed by atoms with Crippen molar-refractivity contribution < 1.29 is 9.32 Å². The molecule has 0 N–H and O–H groups in total. The van der Waals surface area contributed by atoms with Gasteiger partial charge in [0.15, 0.2) is 0 Å². The summed E-state index contributed by atoms with van der Waals surface area (Å²) in [5.41, 5.74) is 3.98. The average molecular weight is 357 g/mol. The van der Waals surface area contributed by atoms with Crippen LogP contribution in [-0.2, 0) is 24.9 Å². The number of carbonyl (C=O) groups is 1. The van der Waals surface area contributed by atoms with Crippen molar-refractivity contribution in [3.8, 4) is 0 Å². The Morgan fingerprint density at radius 3 is 2.65 bits per heavy atom. The summed E-state index contributed by atoms with van der Waals surface area (Å²) in [4.78, 5) is 17.3. The first-order valence-electron chi connectivity index (χ1n) is 9.31. The maximum absolute atomic E-state index is 13.0. The number of rotatable bonds is 4. The molecule has 1 spiro atoms. The molecule has 1 amide bonds. The van der Waals surface area contributed by atoms with E-state index >= 15 is 0 Å². The first-order valence-corrected chi connectivity index (χ1v) is 9.31. The van der Waals surface area contributed by atoms with Crippen molar-refractivity contribution in [2.24, 2.45) is 12.5 Å². The number of hydrogen-bond acceptors (Lipinski definition) is 5. The Hall–Kier alpha value is -2.15. The number of likely N-dealkylation sites (tertiary alicyclic amines) is 2. The Kier molecular flexibility index (Phi) is 4.14. The zero-order chi connectivity index (χ0) is 18.5. The molecule has 2 aliphatic heterocycles. The van der Waals surface area contributed by atoms with Crippen molar-refractivity contribution in [3.63, 3.8) is 0 Å².